The molecule has 0 aromatic carbocycles. The summed E-state index contributed by atoms with van der Waals surface area (Å²) >= 11 is 4.92. The zero-order valence-corrected chi connectivity index (χ0v) is 10.0. The summed E-state index contributed by atoms with van der Waals surface area (Å²) in [5.41, 5.74) is 7.78. The van der Waals surface area contributed by atoms with Crippen LogP contribution in [0, 0.1) is 6.92 Å². The lowest BCUT2D eigenvalue weighted by atomic mass is 10.3. The molecular weight excluding hydrogens is 234 g/mol. The number of nitrogens with one attached hydrogen (secondary N) is 1. The van der Waals surface area contributed by atoms with Crippen LogP contribution < -0.4 is 11.1 Å². The lowest BCUT2D eigenvalue weighted by molar-refractivity contribution is 1.15. The maximum absolute atomic E-state index is 5.58. The summed E-state index contributed by atoms with van der Waals surface area (Å²) in [5, 5.41) is 3.12. The molecule has 0 saturated heterocycles. The van der Waals surface area contributed by atoms with Crippen LogP contribution in [0.3, 0.4) is 0 Å². The van der Waals surface area contributed by atoms with Gasteiger partial charge in [-0.25, -0.2) is 9.97 Å². The van der Waals surface area contributed by atoms with E-state index in [4.69, 9.17) is 18.0 Å². The Morgan fingerprint density at radius 3 is 2.71 bits per heavy atom. The molecule has 0 radical (unpaired) electrons. The van der Waals surface area contributed by atoms with E-state index in [0.717, 1.165) is 11.4 Å². The third kappa shape index (κ3) is 2.54. The number of rotatable bonds is 3. The molecule has 86 valence electrons. The molecule has 2 heterocycles. The Kier molecular flexibility index (Phi) is 3.24. The molecule has 0 aliphatic rings. The van der Waals surface area contributed by atoms with Gasteiger partial charge in [0.15, 0.2) is 5.82 Å². The predicted molar refractivity (Wildman–Crippen MR) is 70.2 cm³/mol. The van der Waals surface area contributed by atoms with E-state index in [1.54, 1.807) is 18.6 Å². The van der Waals surface area contributed by atoms with Gasteiger partial charge in [-0.2, -0.15) is 0 Å². The van der Waals surface area contributed by atoms with Gasteiger partial charge < -0.3 is 11.1 Å². The van der Waals surface area contributed by atoms with Crippen molar-refractivity contribution in [3.8, 4) is 0 Å². The normalized spacial score (nSPS) is 9.94. The van der Waals surface area contributed by atoms with Crippen molar-refractivity contribution in [3.05, 3.63) is 42.1 Å². The van der Waals surface area contributed by atoms with E-state index in [1.807, 2.05) is 19.1 Å². The van der Waals surface area contributed by atoms with Crippen LogP contribution in [0.25, 0.3) is 0 Å². The average Bonchev–Trinajstić information content (AvgIpc) is 2.32. The molecule has 0 spiro atoms. The minimum Gasteiger partial charge on any atom is -0.388 e. The first-order chi connectivity index (χ1) is 8.18. The molecule has 0 amide bonds. The number of pyridine rings is 1. The minimum absolute atomic E-state index is 0.210. The van der Waals surface area contributed by atoms with E-state index >= 15 is 0 Å². The fourth-order valence-electron chi connectivity index (χ4n) is 1.35. The quantitative estimate of drug-likeness (QED) is 0.799. The van der Waals surface area contributed by atoms with Gasteiger partial charge in [-0.3, -0.25) is 4.98 Å². The van der Waals surface area contributed by atoms with E-state index in [1.165, 1.54) is 0 Å². The molecule has 0 aliphatic heterocycles. The largest absolute Gasteiger partial charge is 0.388 e. The van der Waals surface area contributed by atoms with Crippen LogP contribution in [0.5, 0.6) is 0 Å². The number of aryl methyl sites for hydroxylation is 1. The highest BCUT2D eigenvalue weighted by Crippen LogP contribution is 2.18. The maximum Gasteiger partial charge on any atom is 0.159 e. The Balaban J connectivity index is 2.37. The maximum atomic E-state index is 5.58. The molecule has 17 heavy (non-hydrogen) atoms. The third-order valence-electron chi connectivity index (χ3n) is 2.19. The standard InChI is InChI=1S/C11H11N5S/c1-7-8(3-2-4-13-7)16-11-9(10(12)17)14-5-6-15-11/h2-6H,1H3,(H2,12,17)(H,15,16). The average molecular weight is 245 g/mol. The summed E-state index contributed by atoms with van der Waals surface area (Å²) in [5.74, 6) is 0.538. The fraction of sp³-hybridized carbons (Fsp3) is 0.0909. The number of hydrogen-bond donors (Lipinski definition) is 2. The van der Waals surface area contributed by atoms with Crippen molar-refractivity contribution in [2.75, 3.05) is 5.32 Å². The zero-order chi connectivity index (χ0) is 12.3. The van der Waals surface area contributed by atoms with Crippen molar-refractivity contribution < 1.29 is 0 Å². The molecule has 3 N–H and O–H groups in total. The van der Waals surface area contributed by atoms with Gasteiger partial charge in [-0.15, -0.1) is 0 Å². The van der Waals surface area contributed by atoms with Crippen LogP contribution in [-0.4, -0.2) is 19.9 Å². The van der Waals surface area contributed by atoms with E-state index in [-0.39, 0.29) is 4.99 Å². The van der Waals surface area contributed by atoms with Gasteiger partial charge in [0.1, 0.15) is 10.7 Å². The van der Waals surface area contributed by atoms with Crippen LogP contribution in [0.4, 0.5) is 11.5 Å². The van der Waals surface area contributed by atoms with Gasteiger partial charge in [0.25, 0.3) is 0 Å². The van der Waals surface area contributed by atoms with Crippen molar-refractivity contribution in [1.29, 1.82) is 0 Å². The Morgan fingerprint density at radius 2 is 2.00 bits per heavy atom. The van der Waals surface area contributed by atoms with Crippen molar-refractivity contribution >= 4 is 28.7 Å². The van der Waals surface area contributed by atoms with E-state index in [0.29, 0.717) is 11.5 Å². The molecule has 5 nitrogen and oxygen atoms in total. The molecule has 2 aromatic heterocycles. The number of nitrogens with two attached hydrogens (primary N) is 1. The van der Waals surface area contributed by atoms with Gasteiger partial charge in [-0.1, -0.05) is 12.2 Å². The highest BCUT2D eigenvalue weighted by atomic mass is 32.1. The molecule has 0 aliphatic carbocycles. The Labute approximate surface area is 104 Å². The first-order valence-electron chi connectivity index (χ1n) is 4.98. The highest BCUT2D eigenvalue weighted by Gasteiger charge is 2.08. The number of hydrogen-bond acceptors (Lipinski definition) is 5. The molecule has 0 saturated carbocycles. The second kappa shape index (κ2) is 4.84. The van der Waals surface area contributed by atoms with Gasteiger partial charge in [0.05, 0.1) is 11.4 Å². The zero-order valence-electron chi connectivity index (χ0n) is 9.21. The number of thiocarbonyl (C=S) groups is 1. The van der Waals surface area contributed by atoms with E-state index in [2.05, 4.69) is 20.3 Å². The van der Waals surface area contributed by atoms with Gasteiger partial charge in [0, 0.05) is 18.6 Å². The fourth-order valence-corrected chi connectivity index (χ4v) is 1.50. The highest BCUT2D eigenvalue weighted by molar-refractivity contribution is 7.80. The number of nitrogens with zero attached hydrogens (tertiary/aromatic N) is 3. The minimum atomic E-state index is 0.210. The van der Waals surface area contributed by atoms with Gasteiger partial charge in [0.2, 0.25) is 0 Å². The third-order valence-corrected chi connectivity index (χ3v) is 2.38. The Bertz CT molecular complexity index is 555. The summed E-state index contributed by atoms with van der Waals surface area (Å²) in [6.45, 7) is 1.90. The monoisotopic (exact) mass is 245 g/mol. The summed E-state index contributed by atoms with van der Waals surface area (Å²) in [4.78, 5) is 12.6. The summed E-state index contributed by atoms with van der Waals surface area (Å²) in [7, 11) is 0. The molecule has 0 unspecified atom stereocenters. The summed E-state index contributed by atoms with van der Waals surface area (Å²) in [6.07, 6.45) is 4.86. The predicted octanol–water partition coefficient (Wildman–Crippen LogP) is 1.56. The second-order valence-corrected chi connectivity index (χ2v) is 3.82. The lowest BCUT2D eigenvalue weighted by Crippen LogP contribution is -2.15. The van der Waals surface area contributed by atoms with E-state index in [9.17, 15) is 0 Å². The topological polar surface area (TPSA) is 76.7 Å². The Hall–Kier alpha value is -2.08. The molecule has 0 atom stereocenters. The second-order valence-electron chi connectivity index (χ2n) is 3.38. The van der Waals surface area contributed by atoms with Gasteiger partial charge in [-0.05, 0) is 19.1 Å². The Morgan fingerprint density at radius 1 is 1.24 bits per heavy atom. The van der Waals surface area contributed by atoms with Crippen molar-refractivity contribution in [2.24, 2.45) is 5.73 Å². The van der Waals surface area contributed by atoms with Crippen molar-refractivity contribution in [3.63, 3.8) is 0 Å². The molecule has 0 bridgehead atoms. The van der Waals surface area contributed by atoms with Crippen LogP contribution in [0.15, 0.2) is 30.7 Å². The lowest BCUT2D eigenvalue weighted by Gasteiger charge is -2.10. The SMILES string of the molecule is Cc1ncccc1Nc1nccnc1C(N)=S. The molecule has 2 rings (SSSR count). The first kappa shape index (κ1) is 11.4. The molecule has 2 aromatic rings. The number of aromatic nitrogens is 3. The van der Waals surface area contributed by atoms with Crippen LogP contribution >= 0.6 is 12.2 Å². The van der Waals surface area contributed by atoms with Gasteiger partial charge >= 0.3 is 0 Å². The van der Waals surface area contributed by atoms with Crippen LogP contribution in [0.1, 0.15) is 11.4 Å². The molecule has 6 heteroatoms. The molecule has 0 fully saturated rings. The van der Waals surface area contributed by atoms with Crippen LogP contribution in [-0.2, 0) is 0 Å². The van der Waals surface area contributed by atoms with Crippen molar-refractivity contribution in [1.82, 2.24) is 15.0 Å². The molecular formula is C11H11N5S. The van der Waals surface area contributed by atoms with Crippen molar-refractivity contribution in [2.45, 2.75) is 6.92 Å². The summed E-state index contributed by atoms with van der Waals surface area (Å²) in [6, 6.07) is 3.74. The first-order valence-corrected chi connectivity index (χ1v) is 5.39. The van der Waals surface area contributed by atoms with E-state index < -0.39 is 0 Å². The smallest absolute Gasteiger partial charge is 0.159 e. The van der Waals surface area contributed by atoms with Crippen LogP contribution in [0.2, 0.25) is 0 Å². The summed E-state index contributed by atoms with van der Waals surface area (Å²) < 4.78 is 0. The number of anilines is 2.